The van der Waals surface area contributed by atoms with Crippen molar-refractivity contribution < 1.29 is 14.6 Å². The smallest absolute Gasteiger partial charge is 0.306 e. The van der Waals surface area contributed by atoms with Crippen LogP contribution in [0.25, 0.3) is 11.1 Å². The fraction of sp³-hybridized carbons (Fsp3) is 0.321. The number of carboxylic acid groups (broad SMARTS) is 1. The predicted octanol–water partition coefficient (Wildman–Crippen LogP) is 6.46. The molecule has 0 bridgehead atoms. The van der Waals surface area contributed by atoms with Gasteiger partial charge in [-0.2, -0.15) is 0 Å². The molecule has 160 valence electrons. The van der Waals surface area contributed by atoms with Crippen LogP contribution in [0.4, 0.5) is 0 Å². The number of benzene rings is 3. The molecule has 3 aromatic carbocycles. The fourth-order valence-corrected chi connectivity index (χ4v) is 4.25. The van der Waals surface area contributed by atoms with Gasteiger partial charge in [0.15, 0.2) is 0 Å². The third kappa shape index (κ3) is 5.35. The minimum absolute atomic E-state index is 0.323. The molecule has 1 unspecified atom stereocenters. The van der Waals surface area contributed by atoms with Crippen LogP contribution < -0.4 is 4.74 Å². The van der Waals surface area contributed by atoms with E-state index in [1.54, 1.807) is 6.92 Å². The number of aryl methyl sites for hydroxylation is 3. The van der Waals surface area contributed by atoms with Crippen molar-refractivity contribution in [3.05, 3.63) is 89.0 Å². The first-order chi connectivity index (χ1) is 15.1. The Hall–Kier alpha value is -3.07. The molecule has 1 aliphatic carbocycles. The molecule has 0 fully saturated rings. The second-order valence-corrected chi connectivity index (χ2v) is 8.56. The number of carboxylic acids is 1. The van der Waals surface area contributed by atoms with Gasteiger partial charge in [-0.05, 0) is 84.0 Å². The van der Waals surface area contributed by atoms with Crippen molar-refractivity contribution >= 4 is 5.97 Å². The molecule has 0 heterocycles. The topological polar surface area (TPSA) is 46.5 Å². The van der Waals surface area contributed by atoms with Crippen molar-refractivity contribution in [1.29, 1.82) is 0 Å². The maximum atomic E-state index is 11.0. The monoisotopic (exact) mass is 414 g/mol. The Balaban J connectivity index is 1.42. The Morgan fingerprint density at radius 1 is 0.968 bits per heavy atom. The van der Waals surface area contributed by atoms with Crippen LogP contribution in [0.1, 0.15) is 48.4 Å². The summed E-state index contributed by atoms with van der Waals surface area (Å²) in [5, 5.41) is 9.03. The molecule has 3 heteroatoms. The van der Waals surface area contributed by atoms with E-state index in [2.05, 4.69) is 42.5 Å². The van der Waals surface area contributed by atoms with E-state index in [-0.39, 0.29) is 5.92 Å². The van der Waals surface area contributed by atoms with E-state index in [9.17, 15) is 4.79 Å². The zero-order valence-electron chi connectivity index (χ0n) is 18.1. The first-order valence-electron chi connectivity index (χ1n) is 11.2. The third-order valence-electron chi connectivity index (χ3n) is 6.28. The van der Waals surface area contributed by atoms with Gasteiger partial charge in [0.1, 0.15) is 12.4 Å². The molecule has 0 spiro atoms. The van der Waals surface area contributed by atoms with E-state index >= 15 is 0 Å². The van der Waals surface area contributed by atoms with Crippen LogP contribution in [0, 0.1) is 5.92 Å². The highest BCUT2D eigenvalue weighted by Gasteiger charge is 2.13. The van der Waals surface area contributed by atoms with Crippen LogP contribution in [0.3, 0.4) is 0 Å². The Morgan fingerprint density at radius 2 is 1.71 bits per heavy atom. The molecule has 3 nitrogen and oxygen atoms in total. The first-order valence-corrected chi connectivity index (χ1v) is 11.2. The van der Waals surface area contributed by atoms with Crippen LogP contribution in [0.2, 0.25) is 0 Å². The lowest BCUT2D eigenvalue weighted by atomic mass is 9.88. The number of fused-ring (bicyclic) bond motifs is 1. The largest absolute Gasteiger partial charge is 0.489 e. The van der Waals surface area contributed by atoms with Crippen molar-refractivity contribution in [1.82, 2.24) is 0 Å². The number of rotatable bonds is 8. The molecular formula is C28H30O3. The number of ether oxygens (including phenoxy) is 1. The zero-order valence-corrected chi connectivity index (χ0v) is 18.1. The maximum Gasteiger partial charge on any atom is 0.306 e. The van der Waals surface area contributed by atoms with Crippen molar-refractivity contribution in [3.8, 4) is 16.9 Å². The molecule has 0 saturated heterocycles. The van der Waals surface area contributed by atoms with Crippen LogP contribution in [-0.2, 0) is 30.7 Å². The summed E-state index contributed by atoms with van der Waals surface area (Å²) in [7, 11) is 0. The average molecular weight is 415 g/mol. The standard InChI is InChI=1S/C28H30O3/c1-20(28(29)30)10-11-21-12-16-26(17-13-21)31-19-25-8-4-5-9-27(25)24-15-14-22-6-2-3-7-23(22)18-24/h4-5,8-9,12-18,20H,2-3,6-7,10-11,19H2,1H3,(H,29,30). The third-order valence-corrected chi connectivity index (χ3v) is 6.28. The Kier molecular flexibility index (Phi) is 6.71. The summed E-state index contributed by atoms with van der Waals surface area (Å²) in [5.74, 6) is -0.233. The molecule has 1 atom stereocenters. The summed E-state index contributed by atoms with van der Waals surface area (Å²) in [4.78, 5) is 11.0. The zero-order chi connectivity index (χ0) is 21.6. The summed E-state index contributed by atoms with van der Waals surface area (Å²) in [6.07, 6.45) is 6.37. The number of hydrogen-bond donors (Lipinski definition) is 1. The summed E-state index contributed by atoms with van der Waals surface area (Å²) in [6, 6.07) is 23.4. The van der Waals surface area contributed by atoms with E-state index in [1.165, 1.54) is 53.5 Å². The molecule has 1 aliphatic rings. The van der Waals surface area contributed by atoms with E-state index in [1.807, 2.05) is 24.3 Å². The van der Waals surface area contributed by atoms with Gasteiger partial charge < -0.3 is 9.84 Å². The van der Waals surface area contributed by atoms with Gasteiger partial charge in [0.25, 0.3) is 0 Å². The van der Waals surface area contributed by atoms with Gasteiger partial charge in [-0.25, -0.2) is 0 Å². The minimum atomic E-state index is -0.738. The van der Waals surface area contributed by atoms with Gasteiger partial charge in [0, 0.05) is 0 Å². The summed E-state index contributed by atoms with van der Waals surface area (Å²) >= 11 is 0. The number of carbonyl (C=O) groups is 1. The maximum absolute atomic E-state index is 11.0. The first kappa shape index (κ1) is 21.2. The molecule has 0 radical (unpaired) electrons. The summed E-state index contributed by atoms with van der Waals surface area (Å²) < 4.78 is 6.09. The molecule has 0 aromatic heterocycles. The van der Waals surface area contributed by atoms with Gasteiger partial charge >= 0.3 is 5.97 Å². The Bertz CT molecular complexity index is 1040. The lowest BCUT2D eigenvalue weighted by molar-refractivity contribution is -0.141. The van der Waals surface area contributed by atoms with Gasteiger partial charge in [-0.3, -0.25) is 4.79 Å². The van der Waals surface area contributed by atoms with E-state index in [4.69, 9.17) is 9.84 Å². The van der Waals surface area contributed by atoms with E-state index in [0.717, 1.165) is 17.7 Å². The van der Waals surface area contributed by atoms with Gasteiger partial charge in [0.2, 0.25) is 0 Å². The van der Waals surface area contributed by atoms with Crippen molar-refractivity contribution in [2.24, 2.45) is 5.92 Å². The Labute approximate surface area is 184 Å². The van der Waals surface area contributed by atoms with Crippen LogP contribution in [0.5, 0.6) is 5.75 Å². The van der Waals surface area contributed by atoms with Crippen LogP contribution >= 0.6 is 0 Å². The molecule has 4 rings (SSSR count). The predicted molar refractivity (Wildman–Crippen MR) is 124 cm³/mol. The molecule has 3 aromatic rings. The highest BCUT2D eigenvalue weighted by Crippen LogP contribution is 2.30. The summed E-state index contributed by atoms with van der Waals surface area (Å²) in [6.45, 7) is 2.27. The highest BCUT2D eigenvalue weighted by atomic mass is 16.5. The van der Waals surface area contributed by atoms with E-state index < -0.39 is 5.97 Å². The lowest BCUT2D eigenvalue weighted by Crippen LogP contribution is -2.10. The molecule has 0 amide bonds. The average Bonchev–Trinajstić information content (AvgIpc) is 2.81. The second-order valence-electron chi connectivity index (χ2n) is 8.56. The molecule has 0 aliphatic heterocycles. The SMILES string of the molecule is CC(CCc1ccc(OCc2ccccc2-c2ccc3c(c2)CCCC3)cc1)C(=O)O. The Morgan fingerprint density at radius 3 is 2.48 bits per heavy atom. The van der Waals surface area contributed by atoms with Gasteiger partial charge in [-0.15, -0.1) is 0 Å². The number of hydrogen-bond acceptors (Lipinski definition) is 2. The van der Waals surface area contributed by atoms with Gasteiger partial charge in [-0.1, -0.05) is 61.5 Å². The quantitative estimate of drug-likeness (QED) is 0.460. The minimum Gasteiger partial charge on any atom is -0.489 e. The highest BCUT2D eigenvalue weighted by molar-refractivity contribution is 5.69. The number of aliphatic carboxylic acids is 1. The molecule has 1 N–H and O–H groups in total. The normalized spacial score (nSPS) is 14.0. The molecule has 0 saturated carbocycles. The second kappa shape index (κ2) is 9.82. The van der Waals surface area contributed by atoms with Crippen molar-refractivity contribution in [2.45, 2.75) is 52.1 Å². The fourth-order valence-electron chi connectivity index (χ4n) is 4.25. The van der Waals surface area contributed by atoms with E-state index in [0.29, 0.717) is 13.0 Å². The summed E-state index contributed by atoms with van der Waals surface area (Å²) in [5.41, 5.74) is 7.80. The van der Waals surface area contributed by atoms with Crippen molar-refractivity contribution in [2.75, 3.05) is 0 Å². The lowest BCUT2D eigenvalue weighted by Gasteiger charge is -2.18. The molecule has 31 heavy (non-hydrogen) atoms. The molecular weight excluding hydrogens is 384 g/mol. The van der Waals surface area contributed by atoms with Gasteiger partial charge in [0.05, 0.1) is 5.92 Å². The van der Waals surface area contributed by atoms with Crippen LogP contribution in [0.15, 0.2) is 66.7 Å². The van der Waals surface area contributed by atoms with Crippen LogP contribution in [-0.4, -0.2) is 11.1 Å². The van der Waals surface area contributed by atoms with Crippen molar-refractivity contribution in [3.63, 3.8) is 0 Å².